The molecule has 0 fully saturated rings. The fourth-order valence-corrected chi connectivity index (χ4v) is 2.80. The zero-order valence-corrected chi connectivity index (χ0v) is 11.8. The molecule has 0 aliphatic heterocycles. The van der Waals surface area contributed by atoms with Crippen molar-refractivity contribution in [1.29, 1.82) is 0 Å². The first-order valence-corrected chi connectivity index (χ1v) is 6.76. The van der Waals surface area contributed by atoms with Crippen molar-refractivity contribution in [1.82, 2.24) is 5.32 Å². The Morgan fingerprint density at radius 3 is 2.60 bits per heavy atom. The Morgan fingerprint density at radius 1 is 1.47 bits per heavy atom. The minimum Gasteiger partial charge on any atom is -0.386 e. The molecule has 15 heavy (non-hydrogen) atoms. The number of hydrogen-bond acceptors (Lipinski definition) is 3. The lowest BCUT2D eigenvalue weighted by Gasteiger charge is -2.11. The standard InChI is InChI=1S/C11H18BrNOS/c1-7(2)5-13-6-10(14)11-4-9(12)8(3)15-11/h4,7,10,13-14H,5-6H2,1-3H3. The average Bonchev–Trinajstić information content (AvgIpc) is 2.46. The fourth-order valence-electron chi connectivity index (χ4n) is 1.26. The molecule has 1 aromatic heterocycles. The van der Waals surface area contributed by atoms with Crippen molar-refractivity contribution in [2.75, 3.05) is 13.1 Å². The lowest BCUT2D eigenvalue weighted by atomic mass is 10.2. The molecule has 0 aromatic carbocycles. The zero-order chi connectivity index (χ0) is 11.4. The molecule has 0 saturated heterocycles. The van der Waals surface area contributed by atoms with Gasteiger partial charge in [-0.05, 0) is 41.4 Å². The highest BCUT2D eigenvalue weighted by Gasteiger charge is 2.11. The first-order valence-electron chi connectivity index (χ1n) is 5.15. The summed E-state index contributed by atoms with van der Waals surface area (Å²) in [7, 11) is 0. The molecule has 0 spiro atoms. The van der Waals surface area contributed by atoms with E-state index in [1.807, 2.05) is 13.0 Å². The van der Waals surface area contributed by atoms with Gasteiger partial charge in [0.2, 0.25) is 0 Å². The topological polar surface area (TPSA) is 32.3 Å². The lowest BCUT2D eigenvalue weighted by Crippen LogP contribution is -2.24. The smallest absolute Gasteiger partial charge is 0.101 e. The molecule has 1 atom stereocenters. The predicted octanol–water partition coefficient (Wildman–Crippen LogP) is 3.10. The Bertz CT molecular complexity index is 292. The molecule has 1 rings (SSSR count). The summed E-state index contributed by atoms with van der Waals surface area (Å²) < 4.78 is 1.09. The summed E-state index contributed by atoms with van der Waals surface area (Å²) in [6.45, 7) is 7.94. The van der Waals surface area contributed by atoms with E-state index in [1.54, 1.807) is 11.3 Å². The molecule has 2 N–H and O–H groups in total. The second-order valence-corrected chi connectivity index (χ2v) is 6.26. The molecule has 0 bridgehead atoms. The summed E-state index contributed by atoms with van der Waals surface area (Å²) in [5.41, 5.74) is 0. The van der Waals surface area contributed by atoms with E-state index in [0.717, 1.165) is 15.9 Å². The zero-order valence-electron chi connectivity index (χ0n) is 9.38. The van der Waals surface area contributed by atoms with Crippen LogP contribution in [0.2, 0.25) is 0 Å². The van der Waals surface area contributed by atoms with Crippen molar-refractivity contribution in [3.63, 3.8) is 0 Å². The van der Waals surface area contributed by atoms with E-state index in [9.17, 15) is 5.11 Å². The third-order valence-corrected chi connectivity index (χ3v) is 4.33. The number of rotatable bonds is 5. The Kier molecular flexibility index (Phi) is 5.26. The first kappa shape index (κ1) is 13.2. The number of aliphatic hydroxyl groups excluding tert-OH is 1. The molecule has 86 valence electrons. The van der Waals surface area contributed by atoms with Crippen LogP contribution < -0.4 is 5.32 Å². The molecule has 1 heterocycles. The maximum atomic E-state index is 9.90. The van der Waals surface area contributed by atoms with E-state index in [4.69, 9.17) is 0 Å². The molecular weight excluding hydrogens is 274 g/mol. The van der Waals surface area contributed by atoms with Crippen LogP contribution in [0.4, 0.5) is 0 Å². The van der Waals surface area contributed by atoms with Crippen LogP contribution in [0.1, 0.15) is 29.7 Å². The minimum atomic E-state index is -0.390. The number of aryl methyl sites for hydroxylation is 1. The van der Waals surface area contributed by atoms with Gasteiger partial charge < -0.3 is 10.4 Å². The van der Waals surface area contributed by atoms with Crippen molar-refractivity contribution in [2.24, 2.45) is 5.92 Å². The Labute approximate surface area is 104 Å². The van der Waals surface area contributed by atoms with E-state index < -0.39 is 6.10 Å². The van der Waals surface area contributed by atoms with Crippen LogP contribution >= 0.6 is 27.3 Å². The largest absolute Gasteiger partial charge is 0.386 e. The van der Waals surface area contributed by atoms with Crippen LogP contribution in [0.15, 0.2) is 10.5 Å². The molecule has 0 amide bonds. The molecule has 4 heteroatoms. The van der Waals surface area contributed by atoms with Gasteiger partial charge in [0.15, 0.2) is 0 Å². The van der Waals surface area contributed by atoms with Gasteiger partial charge in [0.1, 0.15) is 6.10 Å². The van der Waals surface area contributed by atoms with Crippen LogP contribution in [-0.4, -0.2) is 18.2 Å². The van der Waals surface area contributed by atoms with Crippen molar-refractivity contribution >= 4 is 27.3 Å². The van der Waals surface area contributed by atoms with Gasteiger partial charge in [0.25, 0.3) is 0 Å². The van der Waals surface area contributed by atoms with Gasteiger partial charge in [0, 0.05) is 20.8 Å². The molecule has 2 nitrogen and oxygen atoms in total. The lowest BCUT2D eigenvalue weighted by molar-refractivity contribution is 0.177. The molecule has 1 unspecified atom stereocenters. The van der Waals surface area contributed by atoms with Crippen molar-refractivity contribution in [3.8, 4) is 0 Å². The fraction of sp³-hybridized carbons (Fsp3) is 0.636. The molecule has 1 aromatic rings. The van der Waals surface area contributed by atoms with Crippen molar-refractivity contribution in [3.05, 3.63) is 20.3 Å². The SMILES string of the molecule is Cc1sc(C(O)CNCC(C)C)cc1Br. The van der Waals surface area contributed by atoms with Crippen LogP contribution in [0, 0.1) is 12.8 Å². The van der Waals surface area contributed by atoms with E-state index in [0.29, 0.717) is 12.5 Å². The van der Waals surface area contributed by atoms with Crippen LogP contribution in [0.5, 0.6) is 0 Å². The molecule has 0 radical (unpaired) electrons. The van der Waals surface area contributed by atoms with Gasteiger partial charge in [-0.15, -0.1) is 11.3 Å². The van der Waals surface area contributed by atoms with Gasteiger partial charge >= 0.3 is 0 Å². The minimum absolute atomic E-state index is 0.390. The number of halogens is 1. The highest BCUT2D eigenvalue weighted by atomic mass is 79.9. The monoisotopic (exact) mass is 291 g/mol. The summed E-state index contributed by atoms with van der Waals surface area (Å²) in [6, 6.07) is 2.00. The average molecular weight is 292 g/mol. The maximum Gasteiger partial charge on any atom is 0.101 e. The van der Waals surface area contributed by atoms with Crippen molar-refractivity contribution in [2.45, 2.75) is 26.9 Å². The summed E-state index contributed by atoms with van der Waals surface area (Å²) in [5.74, 6) is 0.619. The molecule has 0 saturated carbocycles. The number of hydrogen-bond donors (Lipinski definition) is 2. The summed E-state index contributed by atoms with van der Waals surface area (Å²) in [5, 5.41) is 13.2. The number of thiophene rings is 1. The van der Waals surface area contributed by atoms with Crippen LogP contribution in [-0.2, 0) is 0 Å². The highest BCUT2D eigenvalue weighted by Crippen LogP contribution is 2.30. The Hall–Kier alpha value is 0.100. The Morgan fingerprint density at radius 2 is 2.13 bits per heavy atom. The van der Waals surface area contributed by atoms with Crippen LogP contribution in [0.25, 0.3) is 0 Å². The van der Waals surface area contributed by atoms with E-state index in [1.165, 1.54) is 4.88 Å². The third kappa shape index (κ3) is 4.23. The van der Waals surface area contributed by atoms with E-state index in [2.05, 4.69) is 35.1 Å². The number of aliphatic hydroxyl groups is 1. The molecule has 0 aliphatic rings. The van der Waals surface area contributed by atoms with Crippen molar-refractivity contribution < 1.29 is 5.11 Å². The van der Waals surface area contributed by atoms with Gasteiger partial charge in [-0.2, -0.15) is 0 Å². The normalized spacial score (nSPS) is 13.5. The summed E-state index contributed by atoms with van der Waals surface area (Å²) in [6.07, 6.45) is -0.390. The van der Waals surface area contributed by atoms with Crippen LogP contribution in [0.3, 0.4) is 0 Å². The summed E-state index contributed by atoms with van der Waals surface area (Å²) in [4.78, 5) is 2.24. The van der Waals surface area contributed by atoms with Gasteiger partial charge in [0.05, 0.1) is 0 Å². The van der Waals surface area contributed by atoms with Gasteiger partial charge in [-0.3, -0.25) is 0 Å². The van der Waals surface area contributed by atoms with E-state index in [-0.39, 0.29) is 0 Å². The predicted molar refractivity (Wildman–Crippen MR) is 69.4 cm³/mol. The highest BCUT2D eigenvalue weighted by molar-refractivity contribution is 9.10. The molecule has 0 aliphatic carbocycles. The third-order valence-electron chi connectivity index (χ3n) is 2.09. The quantitative estimate of drug-likeness (QED) is 0.874. The molecular formula is C11H18BrNOS. The first-order chi connectivity index (χ1) is 7.00. The number of nitrogens with one attached hydrogen (secondary N) is 1. The van der Waals surface area contributed by atoms with Gasteiger partial charge in [-0.25, -0.2) is 0 Å². The Balaban J connectivity index is 2.43. The summed E-state index contributed by atoms with van der Waals surface area (Å²) >= 11 is 5.10. The maximum absolute atomic E-state index is 9.90. The second-order valence-electron chi connectivity index (χ2n) is 4.12. The van der Waals surface area contributed by atoms with Gasteiger partial charge in [-0.1, -0.05) is 13.8 Å². The van der Waals surface area contributed by atoms with E-state index >= 15 is 0 Å². The second kappa shape index (κ2) is 5.99.